The van der Waals surface area contributed by atoms with Gasteiger partial charge < -0.3 is 5.73 Å². The van der Waals surface area contributed by atoms with Crippen molar-refractivity contribution >= 4 is 31.5 Å². The Bertz CT molecular complexity index is 1250. The normalized spacial score (nSPS) is 13.4. The summed E-state index contributed by atoms with van der Waals surface area (Å²) < 4.78 is 27.0. The molecule has 0 saturated carbocycles. The Morgan fingerprint density at radius 1 is 1.00 bits per heavy atom. The van der Waals surface area contributed by atoms with Gasteiger partial charge in [-0.05, 0) is 41.5 Å². The van der Waals surface area contributed by atoms with Crippen LogP contribution in [0.3, 0.4) is 0 Å². The van der Waals surface area contributed by atoms with Gasteiger partial charge in [0.15, 0.2) is 5.03 Å². The Labute approximate surface area is 164 Å². The molecule has 0 aliphatic rings. The Kier molecular flexibility index (Phi) is 4.69. The molecule has 4 rings (SSSR count). The lowest BCUT2D eigenvalue weighted by atomic mass is 9.97. The number of benzene rings is 3. The van der Waals surface area contributed by atoms with Crippen LogP contribution >= 0.6 is 0 Å². The second-order valence-corrected chi connectivity index (χ2v) is 9.40. The van der Waals surface area contributed by atoms with Crippen molar-refractivity contribution in [2.24, 2.45) is 11.7 Å². The fourth-order valence-electron chi connectivity index (χ4n) is 3.62. The van der Waals surface area contributed by atoms with Gasteiger partial charge in [-0.15, -0.1) is 0 Å². The largest absolute Gasteiger partial charge is 0.324 e. The van der Waals surface area contributed by atoms with Crippen LogP contribution in [0, 0.1) is 5.92 Å². The Balaban J connectivity index is 1.88. The molecule has 0 spiro atoms. The third kappa shape index (κ3) is 3.19. The van der Waals surface area contributed by atoms with Gasteiger partial charge in [-0.3, -0.25) is 5.10 Å². The highest BCUT2D eigenvalue weighted by Crippen LogP contribution is 2.32. The lowest BCUT2D eigenvalue weighted by Gasteiger charge is -2.14. The van der Waals surface area contributed by atoms with Crippen LogP contribution < -0.4 is 5.73 Å². The zero-order valence-electron chi connectivity index (χ0n) is 15.9. The topological polar surface area (TPSA) is 88.8 Å². The maximum atomic E-state index is 13.5. The minimum atomic E-state index is -3.77. The number of hydrogen-bond acceptors (Lipinski definition) is 4. The summed E-state index contributed by atoms with van der Waals surface area (Å²) >= 11 is 0. The number of H-pyrrole nitrogens is 1. The molecular weight excluding hydrogens is 370 g/mol. The first kappa shape index (κ1) is 18.7. The van der Waals surface area contributed by atoms with E-state index in [0.717, 1.165) is 17.4 Å². The molecular formula is C22H23N3O2S. The molecule has 5 nitrogen and oxygen atoms in total. The molecule has 1 heterocycles. The van der Waals surface area contributed by atoms with E-state index in [1.165, 1.54) is 0 Å². The van der Waals surface area contributed by atoms with Crippen molar-refractivity contribution in [2.45, 2.75) is 36.2 Å². The number of sulfone groups is 1. The Morgan fingerprint density at radius 2 is 1.75 bits per heavy atom. The summed E-state index contributed by atoms with van der Waals surface area (Å²) in [5.74, 6) is 0.453. The first-order valence-corrected chi connectivity index (χ1v) is 10.8. The van der Waals surface area contributed by atoms with Crippen LogP contribution in [-0.2, 0) is 9.84 Å². The second-order valence-electron chi connectivity index (χ2n) is 7.55. The maximum absolute atomic E-state index is 13.5. The van der Waals surface area contributed by atoms with Crippen molar-refractivity contribution in [3.8, 4) is 0 Å². The highest BCUT2D eigenvalue weighted by atomic mass is 32.2. The van der Waals surface area contributed by atoms with E-state index in [-0.39, 0.29) is 16.0 Å². The van der Waals surface area contributed by atoms with Gasteiger partial charge in [0.2, 0.25) is 9.84 Å². The minimum absolute atomic E-state index is 0.109. The summed E-state index contributed by atoms with van der Waals surface area (Å²) in [5, 5.41) is 9.21. The summed E-state index contributed by atoms with van der Waals surface area (Å²) in [6.45, 7) is 4.24. The molecule has 0 fully saturated rings. The molecule has 0 aliphatic carbocycles. The van der Waals surface area contributed by atoms with Crippen molar-refractivity contribution in [3.05, 3.63) is 66.2 Å². The van der Waals surface area contributed by atoms with Crippen LogP contribution in [0.1, 0.15) is 31.9 Å². The summed E-state index contributed by atoms with van der Waals surface area (Å²) in [7, 11) is -3.77. The molecule has 0 saturated heterocycles. The van der Waals surface area contributed by atoms with Gasteiger partial charge in [-0.25, -0.2) is 8.42 Å². The van der Waals surface area contributed by atoms with Crippen molar-refractivity contribution in [1.82, 2.24) is 10.2 Å². The number of aromatic amines is 1. The molecule has 6 heteroatoms. The number of nitrogens with zero attached hydrogens (tertiary/aromatic N) is 1. The van der Waals surface area contributed by atoms with E-state index in [1.54, 1.807) is 12.1 Å². The smallest absolute Gasteiger partial charge is 0.224 e. The Morgan fingerprint density at radius 3 is 2.54 bits per heavy atom. The average molecular weight is 394 g/mol. The molecule has 0 aliphatic heterocycles. The van der Waals surface area contributed by atoms with Crippen molar-refractivity contribution < 1.29 is 8.42 Å². The average Bonchev–Trinajstić information content (AvgIpc) is 3.11. The van der Waals surface area contributed by atoms with E-state index >= 15 is 0 Å². The predicted molar refractivity (Wildman–Crippen MR) is 112 cm³/mol. The van der Waals surface area contributed by atoms with Crippen LogP contribution in [0.25, 0.3) is 21.7 Å². The fraction of sp³-hybridized carbons (Fsp3) is 0.227. The zero-order valence-corrected chi connectivity index (χ0v) is 16.7. The molecule has 0 amide bonds. The van der Waals surface area contributed by atoms with E-state index < -0.39 is 9.84 Å². The van der Waals surface area contributed by atoms with E-state index in [1.807, 2.05) is 48.5 Å². The van der Waals surface area contributed by atoms with Crippen molar-refractivity contribution in [2.75, 3.05) is 0 Å². The molecule has 0 radical (unpaired) electrons. The quantitative estimate of drug-likeness (QED) is 0.519. The molecule has 1 aromatic heterocycles. The number of rotatable bonds is 5. The molecule has 1 atom stereocenters. The third-order valence-electron chi connectivity index (χ3n) is 5.00. The van der Waals surface area contributed by atoms with Crippen LogP contribution in [-0.4, -0.2) is 18.6 Å². The van der Waals surface area contributed by atoms with Gasteiger partial charge in [-0.1, -0.05) is 56.3 Å². The number of nitrogens with one attached hydrogen (secondary N) is 1. The molecule has 3 N–H and O–H groups in total. The van der Waals surface area contributed by atoms with E-state index in [4.69, 9.17) is 5.73 Å². The van der Waals surface area contributed by atoms with Crippen LogP contribution in [0.15, 0.2) is 70.6 Å². The van der Waals surface area contributed by atoms with Crippen LogP contribution in [0.4, 0.5) is 0 Å². The second kappa shape index (κ2) is 7.04. The van der Waals surface area contributed by atoms with E-state index in [2.05, 4.69) is 24.0 Å². The van der Waals surface area contributed by atoms with Gasteiger partial charge in [0.05, 0.1) is 10.4 Å². The minimum Gasteiger partial charge on any atom is -0.324 e. The first-order valence-electron chi connectivity index (χ1n) is 9.34. The lowest BCUT2D eigenvalue weighted by molar-refractivity contribution is 0.510. The van der Waals surface area contributed by atoms with Gasteiger partial charge in [0.25, 0.3) is 0 Å². The molecule has 0 bridgehead atoms. The summed E-state index contributed by atoms with van der Waals surface area (Å²) in [6.07, 6.45) is 0.828. The monoisotopic (exact) mass is 393 g/mol. The van der Waals surface area contributed by atoms with Crippen LogP contribution in [0.5, 0.6) is 0 Å². The summed E-state index contributed by atoms with van der Waals surface area (Å²) in [4.78, 5) is 0.271. The Hall–Kier alpha value is -2.70. The number of nitrogens with two attached hydrogens (primary N) is 1. The lowest BCUT2D eigenvalue weighted by Crippen LogP contribution is -2.12. The van der Waals surface area contributed by atoms with E-state index in [9.17, 15) is 8.42 Å². The fourth-order valence-corrected chi connectivity index (χ4v) is 5.20. The third-order valence-corrected chi connectivity index (χ3v) is 6.79. The van der Waals surface area contributed by atoms with E-state index in [0.29, 0.717) is 22.2 Å². The van der Waals surface area contributed by atoms with Crippen molar-refractivity contribution in [3.63, 3.8) is 0 Å². The molecule has 144 valence electrons. The summed E-state index contributed by atoms with van der Waals surface area (Å²) in [6, 6.07) is 18.2. The van der Waals surface area contributed by atoms with Crippen LogP contribution in [0.2, 0.25) is 0 Å². The summed E-state index contributed by atoms with van der Waals surface area (Å²) in [5.41, 5.74) is 7.84. The number of hydrogen-bond donors (Lipinski definition) is 2. The van der Waals surface area contributed by atoms with Gasteiger partial charge in [0, 0.05) is 16.8 Å². The maximum Gasteiger partial charge on any atom is 0.224 e. The standard InChI is InChI=1S/C22H23N3O2S/c1-14(2)12-19(23)16-10-11-20-18(13-16)22(25-24-20)28(26,27)21-9-5-7-15-6-3-4-8-17(15)21/h3-11,13-14,19H,12,23H2,1-2H3,(H,24,25). The molecule has 1 unspecified atom stereocenters. The first-order chi connectivity index (χ1) is 13.4. The highest BCUT2D eigenvalue weighted by Gasteiger charge is 2.25. The number of aromatic nitrogens is 2. The van der Waals surface area contributed by atoms with Gasteiger partial charge >= 0.3 is 0 Å². The predicted octanol–water partition coefficient (Wildman–Crippen LogP) is 4.59. The SMILES string of the molecule is CC(C)CC(N)c1ccc2n[nH]c(S(=O)(=O)c3cccc4ccccc34)c2c1. The van der Waals surface area contributed by atoms with Gasteiger partial charge in [0.1, 0.15) is 0 Å². The van der Waals surface area contributed by atoms with Gasteiger partial charge in [-0.2, -0.15) is 5.10 Å². The van der Waals surface area contributed by atoms with Crippen molar-refractivity contribution in [1.29, 1.82) is 0 Å². The molecule has 28 heavy (non-hydrogen) atoms. The zero-order chi connectivity index (χ0) is 19.9. The number of fused-ring (bicyclic) bond motifs is 2. The highest BCUT2D eigenvalue weighted by molar-refractivity contribution is 7.91. The molecule has 3 aromatic carbocycles. The molecule has 4 aromatic rings.